The molecule has 0 rings (SSSR count). The second-order valence-corrected chi connectivity index (χ2v) is 39.1. The maximum atomic E-state index is 13.0. The Morgan fingerprint density at radius 1 is 0.512 bits per heavy atom. The van der Waals surface area contributed by atoms with Crippen LogP contribution in [0.1, 0.15) is 170 Å². The molecule has 0 fully saturated rings. The number of ether oxygens (including phenoxy) is 2. The molecule has 0 aliphatic carbocycles. The first-order valence-electron chi connectivity index (χ1n) is 18.5. The quantitative estimate of drug-likeness (QED) is 0.0388. The van der Waals surface area contributed by atoms with E-state index in [1.807, 2.05) is 17.9 Å². The van der Waals surface area contributed by atoms with Gasteiger partial charge in [0.2, 0.25) is 0 Å². The summed E-state index contributed by atoms with van der Waals surface area (Å²) in [6.45, 7) is 14.5. The summed E-state index contributed by atoms with van der Waals surface area (Å²) in [5.41, 5.74) is 0. The molecule has 0 aliphatic rings. The van der Waals surface area contributed by atoms with Gasteiger partial charge in [0.25, 0.3) is 0 Å². The van der Waals surface area contributed by atoms with E-state index in [2.05, 4.69) is 41.5 Å². The van der Waals surface area contributed by atoms with Gasteiger partial charge in [0.1, 0.15) is 0 Å². The molecule has 0 bridgehead atoms. The zero-order valence-corrected chi connectivity index (χ0v) is 34.0. The van der Waals surface area contributed by atoms with Gasteiger partial charge in [-0.05, 0) is 0 Å². The Morgan fingerprint density at radius 3 is 1.21 bits per heavy atom. The second kappa shape index (κ2) is 31.1. The third-order valence-electron chi connectivity index (χ3n) is 8.78. The molecule has 0 aromatic heterocycles. The van der Waals surface area contributed by atoms with Crippen molar-refractivity contribution in [3.05, 3.63) is 0 Å². The zero-order valence-electron chi connectivity index (χ0n) is 29.5. The van der Waals surface area contributed by atoms with Crippen molar-refractivity contribution < 1.29 is 19.1 Å². The van der Waals surface area contributed by atoms with Crippen LogP contribution in [0.5, 0.6) is 0 Å². The monoisotopic (exact) mass is 752 g/mol. The molecule has 0 saturated carbocycles. The van der Waals surface area contributed by atoms with E-state index in [0.717, 1.165) is 25.7 Å². The molecule has 0 N–H and O–H groups in total. The van der Waals surface area contributed by atoms with Crippen molar-refractivity contribution in [1.82, 2.24) is 0 Å². The van der Waals surface area contributed by atoms with Crippen molar-refractivity contribution >= 4 is 45.4 Å². The Balaban J connectivity index is 5.40. The van der Waals surface area contributed by atoms with Crippen molar-refractivity contribution in [1.29, 1.82) is 0 Å². The van der Waals surface area contributed by atoms with Crippen LogP contribution in [0.15, 0.2) is 0 Å². The Kier molecular flexibility index (Phi) is 31.4. The van der Waals surface area contributed by atoms with E-state index in [1.165, 1.54) is 112 Å². The summed E-state index contributed by atoms with van der Waals surface area (Å²) in [5, 5.41) is 0. The van der Waals surface area contributed by atoms with E-state index in [0.29, 0.717) is 36.6 Å². The summed E-state index contributed by atoms with van der Waals surface area (Å²) in [6, 6.07) is 0. The zero-order chi connectivity index (χ0) is 32.0. The van der Waals surface area contributed by atoms with E-state index < -0.39 is 15.6 Å². The molecule has 43 heavy (non-hydrogen) atoms. The topological polar surface area (TPSA) is 52.6 Å². The number of rotatable bonds is 32. The number of unbranched alkanes of at least 4 members (excludes halogenated alkanes) is 12. The summed E-state index contributed by atoms with van der Waals surface area (Å²) in [6.07, 6.45) is 24.6. The van der Waals surface area contributed by atoms with E-state index in [9.17, 15) is 9.59 Å². The Hall–Kier alpha value is 0.439. The van der Waals surface area contributed by atoms with Crippen LogP contribution < -0.4 is 0 Å². The van der Waals surface area contributed by atoms with E-state index in [4.69, 9.17) is 9.47 Å². The van der Waals surface area contributed by atoms with Gasteiger partial charge in [0, 0.05) is 0 Å². The molecular weight excluding hydrogens is 679 g/mol. The van der Waals surface area contributed by atoms with Gasteiger partial charge in [-0.2, -0.15) is 0 Å². The Bertz CT molecular complexity index is 595. The first kappa shape index (κ1) is 43.4. The fourth-order valence-corrected chi connectivity index (χ4v) is 32.4. The van der Waals surface area contributed by atoms with Crippen LogP contribution in [0.2, 0.25) is 8.87 Å². The van der Waals surface area contributed by atoms with Crippen molar-refractivity contribution in [2.45, 2.75) is 179 Å². The van der Waals surface area contributed by atoms with Gasteiger partial charge in [-0.25, -0.2) is 0 Å². The van der Waals surface area contributed by atoms with Crippen molar-refractivity contribution in [3.63, 3.8) is 0 Å². The van der Waals surface area contributed by atoms with Crippen molar-refractivity contribution in [2.75, 3.05) is 24.7 Å². The summed E-state index contributed by atoms with van der Waals surface area (Å²) in [4.78, 5) is 26.0. The number of hydrogen-bond acceptors (Lipinski definition) is 6. The van der Waals surface area contributed by atoms with Gasteiger partial charge in [-0.15, -0.1) is 0 Å². The molecule has 0 amide bonds. The van der Waals surface area contributed by atoms with Crippen LogP contribution in [0.4, 0.5) is 0 Å². The molecule has 0 spiro atoms. The number of esters is 2. The van der Waals surface area contributed by atoms with Gasteiger partial charge < -0.3 is 0 Å². The molecule has 0 radical (unpaired) electrons. The standard InChI is InChI=1S/2C10H20O2S.2C8H17.Sn/c2*1-3-5-6-9(4-2)7-12-10(11)8-13;2*1-3-5-7-8-6-4-2;/h2*9,13H,3-8H2,1-2H3;2*1,3-8H2,2H3;/q;;;;+2/p-2/t2*9-;;;/m10.../s1. The fourth-order valence-electron chi connectivity index (χ4n) is 5.49. The second-order valence-electron chi connectivity index (χ2n) is 12.7. The van der Waals surface area contributed by atoms with E-state index >= 15 is 0 Å². The first-order chi connectivity index (χ1) is 20.9. The predicted molar refractivity (Wildman–Crippen MR) is 196 cm³/mol. The van der Waals surface area contributed by atoms with Crippen molar-refractivity contribution in [3.8, 4) is 0 Å². The molecule has 0 heterocycles. The van der Waals surface area contributed by atoms with Crippen LogP contribution in [-0.4, -0.2) is 52.3 Å². The molecular formula is C36H72O4S2Sn. The molecule has 256 valence electrons. The molecule has 0 unspecified atom stereocenters. The van der Waals surface area contributed by atoms with Crippen molar-refractivity contribution in [2.24, 2.45) is 11.8 Å². The molecule has 0 aliphatic heterocycles. The van der Waals surface area contributed by atoms with Gasteiger partial charge in [0.05, 0.1) is 0 Å². The number of carbonyl (C=O) groups is 2. The minimum absolute atomic E-state index is 0.0446. The van der Waals surface area contributed by atoms with Gasteiger partial charge >= 0.3 is 280 Å². The average Bonchev–Trinajstić information content (AvgIpc) is 3.02. The van der Waals surface area contributed by atoms with Crippen LogP contribution in [-0.2, 0) is 19.1 Å². The summed E-state index contributed by atoms with van der Waals surface area (Å²) in [7, 11) is 3.93. The van der Waals surface area contributed by atoms with Crippen LogP contribution >= 0.6 is 17.9 Å². The summed E-state index contributed by atoms with van der Waals surface area (Å²) in [5.74, 6) is 1.78. The maximum absolute atomic E-state index is 13.0. The van der Waals surface area contributed by atoms with Gasteiger partial charge in [-0.1, -0.05) is 0 Å². The molecule has 4 nitrogen and oxygen atoms in total. The minimum atomic E-state index is -2.95. The number of carbonyl (C=O) groups excluding carboxylic acids is 2. The third-order valence-corrected chi connectivity index (χ3v) is 38.7. The third kappa shape index (κ3) is 25.2. The van der Waals surface area contributed by atoms with E-state index in [1.54, 1.807) is 0 Å². The summed E-state index contributed by atoms with van der Waals surface area (Å²) < 4.78 is 14.2. The van der Waals surface area contributed by atoms with Crippen LogP contribution in [0, 0.1) is 11.8 Å². The Morgan fingerprint density at radius 2 is 0.860 bits per heavy atom. The molecule has 7 heteroatoms. The van der Waals surface area contributed by atoms with Crippen LogP contribution in [0.25, 0.3) is 0 Å². The normalized spacial score (nSPS) is 13.2. The molecule has 0 aromatic rings. The fraction of sp³-hybridized carbons (Fsp3) is 0.944. The van der Waals surface area contributed by atoms with E-state index in [-0.39, 0.29) is 11.9 Å². The SMILES string of the molecule is CCCCCCC[CH2][Sn]([CH2]CCCCCCC)([S]CC(=O)OC[C@H](CC)CCCC)[S]CC(=O)OC[C@@H](CC)CCCC. The van der Waals surface area contributed by atoms with Gasteiger partial charge in [-0.3, -0.25) is 0 Å². The average molecular weight is 752 g/mol. The summed E-state index contributed by atoms with van der Waals surface area (Å²) >= 11 is -2.95. The number of hydrogen-bond donors (Lipinski definition) is 0. The van der Waals surface area contributed by atoms with Gasteiger partial charge in [0.15, 0.2) is 0 Å². The predicted octanol–water partition coefficient (Wildman–Crippen LogP) is 12.1. The Labute approximate surface area is 278 Å². The molecule has 0 aromatic carbocycles. The van der Waals surface area contributed by atoms with Crippen LogP contribution in [0.3, 0.4) is 0 Å². The molecule has 2 atom stereocenters. The first-order valence-corrected chi connectivity index (χ1v) is 31.5. The molecule has 0 saturated heterocycles.